The molecule has 0 aromatic heterocycles. The zero-order valence-electron chi connectivity index (χ0n) is 46.8. The molecule has 408 valence electrons. The first kappa shape index (κ1) is 67.4. The fourth-order valence-electron chi connectivity index (χ4n) is 8.92. The van der Waals surface area contributed by atoms with Gasteiger partial charge >= 0.3 is 17.9 Å². The molecule has 0 rings (SSSR count). The van der Waals surface area contributed by atoms with Crippen LogP contribution in [0.5, 0.6) is 0 Å². The number of esters is 3. The maximum atomic E-state index is 12.9. The summed E-state index contributed by atoms with van der Waals surface area (Å²) in [6.07, 6.45) is 72.4. The van der Waals surface area contributed by atoms with Crippen LogP contribution >= 0.6 is 0 Å². The standard InChI is InChI=1S/C64H116O6/c1-4-7-10-13-16-19-22-25-28-30-31-32-33-35-36-39-42-45-48-51-54-57-63(66)69-60-61(59-68-62(65)56-53-50-47-44-41-38-27-24-21-18-15-12-9-6-3)70-64(67)58-55-52-49-46-43-40-37-34-29-26-23-20-17-14-11-8-5-2/h22,24-25,27,30-31,33,35,61H,4-21,23,26,28-29,32,34,36-60H2,1-3H3/b25-22-,27-24-,31-30-,35-33-. The van der Waals surface area contributed by atoms with E-state index < -0.39 is 6.10 Å². The molecular formula is C64H116O6. The van der Waals surface area contributed by atoms with Gasteiger partial charge in [0.05, 0.1) is 0 Å². The lowest BCUT2D eigenvalue weighted by molar-refractivity contribution is -0.167. The molecule has 0 bridgehead atoms. The number of unbranched alkanes of at least 4 members (excludes halogenated alkanes) is 37. The normalized spacial score (nSPS) is 12.3. The van der Waals surface area contributed by atoms with Crippen molar-refractivity contribution in [1.29, 1.82) is 0 Å². The van der Waals surface area contributed by atoms with Gasteiger partial charge < -0.3 is 14.2 Å². The van der Waals surface area contributed by atoms with Crippen molar-refractivity contribution < 1.29 is 28.6 Å². The fourth-order valence-corrected chi connectivity index (χ4v) is 8.92. The first-order chi connectivity index (χ1) is 34.5. The lowest BCUT2D eigenvalue weighted by atomic mass is 10.0. The van der Waals surface area contributed by atoms with Crippen LogP contribution in [0.25, 0.3) is 0 Å². The van der Waals surface area contributed by atoms with Crippen LogP contribution in [-0.2, 0) is 28.6 Å². The van der Waals surface area contributed by atoms with E-state index in [4.69, 9.17) is 14.2 Å². The lowest BCUT2D eigenvalue weighted by Crippen LogP contribution is -2.30. The molecular weight excluding hydrogens is 865 g/mol. The summed E-state index contributed by atoms with van der Waals surface area (Å²) < 4.78 is 16.9. The van der Waals surface area contributed by atoms with Crippen LogP contribution in [0.3, 0.4) is 0 Å². The summed E-state index contributed by atoms with van der Waals surface area (Å²) in [5.41, 5.74) is 0. The van der Waals surface area contributed by atoms with Gasteiger partial charge in [-0.25, -0.2) is 0 Å². The Kier molecular flexibility index (Phi) is 56.7. The molecule has 0 radical (unpaired) electrons. The number of hydrogen-bond acceptors (Lipinski definition) is 6. The average Bonchev–Trinajstić information content (AvgIpc) is 3.36. The zero-order valence-corrected chi connectivity index (χ0v) is 46.8. The second-order valence-electron chi connectivity index (χ2n) is 20.6. The zero-order chi connectivity index (χ0) is 50.7. The minimum absolute atomic E-state index is 0.0787. The van der Waals surface area contributed by atoms with Gasteiger partial charge in [-0.05, 0) is 83.5 Å². The van der Waals surface area contributed by atoms with Gasteiger partial charge in [-0.15, -0.1) is 0 Å². The Labute approximate surface area is 435 Å². The smallest absolute Gasteiger partial charge is 0.306 e. The molecule has 0 N–H and O–H groups in total. The van der Waals surface area contributed by atoms with Gasteiger partial charge in [0.15, 0.2) is 6.10 Å². The van der Waals surface area contributed by atoms with E-state index in [-0.39, 0.29) is 31.1 Å². The predicted octanol–water partition coefficient (Wildman–Crippen LogP) is 20.6. The third-order valence-corrected chi connectivity index (χ3v) is 13.6. The van der Waals surface area contributed by atoms with E-state index in [0.717, 1.165) is 83.5 Å². The molecule has 1 atom stereocenters. The number of carbonyl (C=O) groups excluding carboxylic acids is 3. The summed E-state index contributed by atoms with van der Waals surface area (Å²) in [5.74, 6) is -0.881. The van der Waals surface area contributed by atoms with Crippen LogP contribution < -0.4 is 0 Å². The third kappa shape index (κ3) is 56.3. The Morgan fingerprint density at radius 3 is 0.814 bits per heavy atom. The molecule has 0 fully saturated rings. The summed E-state index contributed by atoms with van der Waals surface area (Å²) >= 11 is 0. The van der Waals surface area contributed by atoms with Gasteiger partial charge in [0, 0.05) is 19.3 Å². The summed E-state index contributed by atoms with van der Waals surface area (Å²) in [5, 5.41) is 0. The maximum absolute atomic E-state index is 12.9. The van der Waals surface area contributed by atoms with E-state index in [1.54, 1.807) is 0 Å². The van der Waals surface area contributed by atoms with Gasteiger partial charge in [0.1, 0.15) is 13.2 Å². The Balaban J connectivity index is 4.36. The molecule has 1 unspecified atom stereocenters. The van der Waals surface area contributed by atoms with Crippen molar-refractivity contribution in [2.24, 2.45) is 0 Å². The minimum Gasteiger partial charge on any atom is -0.462 e. The molecule has 0 aromatic rings. The number of allylic oxidation sites excluding steroid dienone is 8. The van der Waals surface area contributed by atoms with Gasteiger partial charge in [-0.2, -0.15) is 0 Å². The number of rotatable bonds is 56. The van der Waals surface area contributed by atoms with Crippen molar-refractivity contribution in [2.75, 3.05) is 13.2 Å². The second kappa shape index (κ2) is 58.9. The minimum atomic E-state index is -0.780. The Bertz CT molecular complexity index is 1220. The van der Waals surface area contributed by atoms with E-state index in [1.165, 1.54) is 199 Å². The van der Waals surface area contributed by atoms with Crippen molar-refractivity contribution in [1.82, 2.24) is 0 Å². The van der Waals surface area contributed by atoms with Crippen molar-refractivity contribution in [2.45, 2.75) is 329 Å². The molecule has 0 aliphatic heterocycles. The SMILES string of the molecule is CCCCCCC/C=C\C/C=C\C/C=C\CCCCCCCCC(=O)OCC(COC(=O)CCCCCCC/C=C\CCCCCCC)OC(=O)CCCCCCCCCCCCCCCCCCC. The van der Waals surface area contributed by atoms with E-state index in [0.29, 0.717) is 19.3 Å². The monoisotopic (exact) mass is 981 g/mol. The molecule has 6 heteroatoms. The van der Waals surface area contributed by atoms with E-state index >= 15 is 0 Å². The van der Waals surface area contributed by atoms with Crippen LogP contribution in [0.2, 0.25) is 0 Å². The highest BCUT2D eigenvalue weighted by Gasteiger charge is 2.19. The highest BCUT2D eigenvalue weighted by molar-refractivity contribution is 5.71. The number of hydrogen-bond donors (Lipinski definition) is 0. The molecule has 0 aromatic carbocycles. The van der Waals surface area contributed by atoms with Gasteiger partial charge in [0.2, 0.25) is 0 Å². The third-order valence-electron chi connectivity index (χ3n) is 13.6. The first-order valence-corrected chi connectivity index (χ1v) is 30.6. The molecule has 0 amide bonds. The molecule has 0 heterocycles. The first-order valence-electron chi connectivity index (χ1n) is 30.6. The lowest BCUT2D eigenvalue weighted by Gasteiger charge is -2.18. The topological polar surface area (TPSA) is 78.9 Å². The van der Waals surface area contributed by atoms with Crippen LogP contribution in [0.15, 0.2) is 48.6 Å². The molecule has 0 aliphatic carbocycles. The number of ether oxygens (including phenoxy) is 3. The quantitative estimate of drug-likeness (QED) is 0.0261. The van der Waals surface area contributed by atoms with E-state index in [2.05, 4.69) is 69.4 Å². The summed E-state index contributed by atoms with van der Waals surface area (Å²) in [4.78, 5) is 38.2. The van der Waals surface area contributed by atoms with Crippen molar-refractivity contribution in [3.63, 3.8) is 0 Å². The summed E-state index contributed by atoms with van der Waals surface area (Å²) in [6.45, 7) is 6.64. The fraction of sp³-hybridized carbons (Fsp3) is 0.828. The van der Waals surface area contributed by atoms with Crippen LogP contribution in [-0.4, -0.2) is 37.2 Å². The average molecular weight is 982 g/mol. The van der Waals surface area contributed by atoms with Crippen molar-refractivity contribution >= 4 is 17.9 Å². The molecule has 0 saturated heterocycles. The van der Waals surface area contributed by atoms with Crippen LogP contribution in [0, 0.1) is 0 Å². The second-order valence-corrected chi connectivity index (χ2v) is 20.6. The Hall–Kier alpha value is -2.63. The van der Waals surface area contributed by atoms with Gasteiger partial charge in [-0.3, -0.25) is 14.4 Å². The highest BCUT2D eigenvalue weighted by Crippen LogP contribution is 2.16. The molecule has 0 aliphatic rings. The van der Waals surface area contributed by atoms with Crippen LogP contribution in [0.1, 0.15) is 323 Å². The van der Waals surface area contributed by atoms with E-state index in [1.807, 2.05) is 0 Å². The van der Waals surface area contributed by atoms with Gasteiger partial charge in [0.25, 0.3) is 0 Å². The highest BCUT2D eigenvalue weighted by atomic mass is 16.6. The van der Waals surface area contributed by atoms with Crippen LogP contribution in [0.4, 0.5) is 0 Å². The summed E-state index contributed by atoms with van der Waals surface area (Å²) in [6, 6.07) is 0. The van der Waals surface area contributed by atoms with Crippen molar-refractivity contribution in [3.8, 4) is 0 Å². The molecule has 0 saturated carbocycles. The molecule has 70 heavy (non-hydrogen) atoms. The largest absolute Gasteiger partial charge is 0.462 e. The number of carbonyl (C=O) groups is 3. The molecule has 0 spiro atoms. The van der Waals surface area contributed by atoms with Gasteiger partial charge in [-0.1, -0.05) is 268 Å². The van der Waals surface area contributed by atoms with Crippen molar-refractivity contribution in [3.05, 3.63) is 48.6 Å². The molecule has 6 nitrogen and oxygen atoms in total. The van der Waals surface area contributed by atoms with E-state index in [9.17, 15) is 14.4 Å². The predicted molar refractivity (Wildman–Crippen MR) is 302 cm³/mol. The maximum Gasteiger partial charge on any atom is 0.306 e. The Morgan fingerprint density at radius 2 is 0.514 bits per heavy atom. The Morgan fingerprint density at radius 1 is 0.286 bits per heavy atom. The summed E-state index contributed by atoms with van der Waals surface area (Å²) in [7, 11) is 0.